The number of hydrogen-bond donors (Lipinski definition) is 0. The molecule has 29 heavy (non-hydrogen) atoms. The van der Waals surface area contributed by atoms with E-state index < -0.39 is 0 Å². The zero-order valence-corrected chi connectivity index (χ0v) is 18.8. The van der Waals surface area contributed by atoms with E-state index >= 15 is 0 Å². The molecule has 1 amide bonds. The molecule has 152 valence electrons. The normalized spacial score (nSPS) is 19.0. The van der Waals surface area contributed by atoms with Gasteiger partial charge in [-0.1, -0.05) is 37.0 Å². The van der Waals surface area contributed by atoms with E-state index in [-0.39, 0.29) is 11.5 Å². The smallest absolute Gasteiger partial charge is 0.267 e. The molecular formula is C20H22N4O2S3. The molecule has 0 aromatic carbocycles. The minimum absolute atomic E-state index is 0.129. The molecule has 0 atom stereocenters. The molecule has 4 rings (SSSR count). The molecule has 4 heterocycles. The van der Waals surface area contributed by atoms with Gasteiger partial charge >= 0.3 is 0 Å². The summed E-state index contributed by atoms with van der Waals surface area (Å²) < 4.78 is 2.11. The van der Waals surface area contributed by atoms with Gasteiger partial charge < -0.3 is 4.90 Å². The van der Waals surface area contributed by atoms with Crippen LogP contribution in [0.2, 0.25) is 0 Å². The van der Waals surface area contributed by atoms with E-state index in [1.165, 1.54) is 11.8 Å². The molecule has 9 heteroatoms. The predicted molar refractivity (Wildman–Crippen MR) is 126 cm³/mol. The second kappa shape index (κ2) is 8.49. The van der Waals surface area contributed by atoms with Crippen molar-refractivity contribution in [2.45, 2.75) is 20.3 Å². The first-order valence-electron chi connectivity index (χ1n) is 9.60. The fourth-order valence-electron chi connectivity index (χ4n) is 3.44. The third-order valence-corrected chi connectivity index (χ3v) is 7.21. The summed E-state index contributed by atoms with van der Waals surface area (Å²) >= 11 is 8.53. The number of carbonyl (C=O) groups is 1. The average Bonchev–Trinajstić information content (AvgIpc) is 2.99. The number of amides is 1. The van der Waals surface area contributed by atoms with Gasteiger partial charge in [-0.3, -0.25) is 18.9 Å². The molecule has 0 unspecified atom stereocenters. The molecule has 2 saturated heterocycles. The van der Waals surface area contributed by atoms with E-state index in [9.17, 15) is 9.59 Å². The van der Waals surface area contributed by atoms with Crippen LogP contribution in [0.4, 0.5) is 5.82 Å². The topological polar surface area (TPSA) is 57.9 Å². The Bertz CT molecular complexity index is 1070. The van der Waals surface area contributed by atoms with E-state index in [0.717, 1.165) is 36.6 Å². The Morgan fingerprint density at radius 3 is 2.72 bits per heavy atom. The molecule has 2 aromatic rings. The summed E-state index contributed by atoms with van der Waals surface area (Å²) in [6, 6.07) is 3.82. The van der Waals surface area contributed by atoms with Crippen LogP contribution in [-0.4, -0.2) is 55.7 Å². The molecule has 0 bridgehead atoms. The first kappa shape index (κ1) is 20.4. The lowest BCUT2D eigenvalue weighted by Gasteiger charge is -2.28. The van der Waals surface area contributed by atoms with Crippen LogP contribution in [-0.2, 0) is 4.79 Å². The van der Waals surface area contributed by atoms with Crippen molar-refractivity contribution in [2.24, 2.45) is 0 Å². The minimum atomic E-state index is -0.160. The zero-order valence-electron chi connectivity index (χ0n) is 16.4. The van der Waals surface area contributed by atoms with Crippen molar-refractivity contribution in [3.05, 3.63) is 44.7 Å². The molecule has 0 radical (unpaired) electrons. The van der Waals surface area contributed by atoms with Crippen molar-refractivity contribution < 1.29 is 4.79 Å². The Balaban J connectivity index is 1.87. The highest BCUT2D eigenvalue weighted by Gasteiger charge is 2.32. The highest BCUT2D eigenvalue weighted by Crippen LogP contribution is 2.33. The van der Waals surface area contributed by atoms with Crippen LogP contribution >= 0.6 is 35.7 Å². The van der Waals surface area contributed by atoms with Gasteiger partial charge in [-0.05, 0) is 31.1 Å². The summed E-state index contributed by atoms with van der Waals surface area (Å²) in [6.07, 6.45) is 4.31. The quantitative estimate of drug-likeness (QED) is 0.528. The van der Waals surface area contributed by atoms with Gasteiger partial charge in [0.25, 0.3) is 11.5 Å². The van der Waals surface area contributed by atoms with Crippen molar-refractivity contribution in [2.75, 3.05) is 36.0 Å². The molecule has 0 aliphatic carbocycles. The Morgan fingerprint density at radius 2 is 2.00 bits per heavy atom. The van der Waals surface area contributed by atoms with Crippen LogP contribution in [0.15, 0.2) is 28.0 Å². The first-order chi connectivity index (χ1) is 14.0. The summed E-state index contributed by atoms with van der Waals surface area (Å²) in [5, 5.41) is 0. The number of thiocarbonyl (C=S) groups is 1. The van der Waals surface area contributed by atoms with Gasteiger partial charge in [0, 0.05) is 37.3 Å². The van der Waals surface area contributed by atoms with E-state index in [1.807, 2.05) is 37.7 Å². The number of aryl methyl sites for hydroxylation is 1. The maximum Gasteiger partial charge on any atom is 0.267 e. The van der Waals surface area contributed by atoms with E-state index in [1.54, 1.807) is 21.6 Å². The number of carbonyl (C=O) groups excluding carboxylic acids is 1. The van der Waals surface area contributed by atoms with E-state index in [2.05, 4.69) is 4.90 Å². The van der Waals surface area contributed by atoms with Gasteiger partial charge in [-0.25, -0.2) is 4.98 Å². The number of fused-ring (bicyclic) bond motifs is 1. The minimum Gasteiger partial charge on any atom is -0.354 e. The summed E-state index contributed by atoms with van der Waals surface area (Å²) in [7, 11) is 0. The number of anilines is 1. The van der Waals surface area contributed by atoms with Crippen molar-refractivity contribution in [1.29, 1.82) is 0 Å². The fraction of sp³-hybridized carbons (Fsp3) is 0.400. The maximum absolute atomic E-state index is 13.4. The first-order valence-corrected chi connectivity index (χ1v) is 12.0. The lowest BCUT2D eigenvalue weighted by atomic mass is 10.2. The van der Waals surface area contributed by atoms with Crippen molar-refractivity contribution in [3.8, 4) is 0 Å². The number of pyridine rings is 1. The van der Waals surface area contributed by atoms with Gasteiger partial charge in [-0.15, -0.1) is 0 Å². The van der Waals surface area contributed by atoms with Crippen LogP contribution in [0.3, 0.4) is 0 Å². The number of thioether (sulfide) groups is 2. The number of hydrogen-bond acceptors (Lipinski definition) is 7. The molecule has 0 N–H and O–H groups in total. The molecule has 2 aliphatic rings. The van der Waals surface area contributed by atoms with E-state index in [4.69, 9.17) is 17.2 Å². The maximum atomic E-state index is 13.4. The zero-order chi connectivity index (χ0) is 20.5. The van der Waals surface area contributed by atoms with Gasteiger partial charge in [0.2, 0.25) is 0 Å². The number of nitrogens with zero attached hydrogens (tertiary/aromatic N) is 4. The number of aromatic nitrogens is 2. The highest BCUT2D eigenvalue weighted by molar-refractivity contribution is 8.26. The standard InChI is InChI=1S/C20H22N4O2S3/c1-3-6-23-19(26)15(29-20(23)27)11-14-17(22-7-9-28-10-8-22)21-16-5-4-13(2)12-24(16)18(14)25/h4-5,11-12H,3,6-10H2,1-2H3. The predicted octanol–water partition coefficient (Wildman–Crippen LogP) is 3.17. The Kier molecular flexibility index (Phi) is 5.98. The molecule has 2 fully saturated rings. The Morgan fingerprint density at radius 1 is 1.24 bits per heavy atom. The Labute approximate surface area is 183 Å². The second-order valence-corrected chi connectivity index (χ2v) is 9.92. The summed E-state index contributed by atoms with van der Waals surface area (Å²) in [4.78, 5) is 35.3. The van der Waals surface area contributed by atoms with Gasteiger partial charge in [-0.2, -0.15) is 11.8 Å². The third-order valence-electron chi connectivity index (χ3n) is 4.89. The van der Waals surface area contributed by atoms with Gasteiger partial charge in [0.05, 0.1) is 10.5 Å². The van der Waals surface area contributed by atoms with E-state index in [0.29, 0.717) is 32.8 Å². The average molecular weight is 447 g/mol. The van der Waals surface area contributed by atoms with Crippen molar-refractivity contribution in [3.63, 3.8) is 0 Å². The molecule has 0 saturated carbocycles. The monoisotopic (exact) mass is 446 g/mol. The van der Waals surface area contributed by atoms with Crippen LogP contribution in [0.1, 0.15) is 24.5 Å². The molecule has 0 spiro atoms. The molecule has 6 nitrogen and oxygen atoms in total. The SMILES string of the molecule is CCCN1C(=O)C(=Cc2c(N3CCSCC3)nc3ccc(C)cn3c2=O)SC1=S. The molecule has 2 aliphatic heterocycles. The molecule has 2 aromatic heterocycles. The molecular weight excluding hydrogens is 424 g/mol. The van der Waals surface area contributed by atoms with Crippen LogP contribution in [0, 0.1) is 6.92 Å². The van der Waals surface area contributed by atoms with Crippen LogP contribution < -0.4 is 10.5 Å². The van der Waals surface area contributed by atoms with Crippen molar-refractivity contribution >= 4 is 63.5 Å². The number of rotatable bonds is 4. The summed E-state index contributed by atoms with van der Waals surface area (Å²) in [5.41, 5.74) is 1.89. The Hall–Kier alpha value is -1.84. The summed E-state index contributed by atoms with van der Waals surface area (Å²) in [6.45, 7) is 6.20. The lowest BCUT2D eigenvalue weighted by molar-refractivity contribution is -0.122. The largest absolute Gasteiger partial charge is 0.354 e. The van der Waals surface area contributed by atoms with Gasteiger partial charge in [0.15, 0.2) is 0 Å². The third kappa shape index (κ3) is 3.95. The second-order valence-electron chi connectivity index (χ2n) is 7.02. The van der Waals surface area contributed by atoms with Crippen molar-refractivity contribution in [1.82, 2.24) is 14.3 Å². The lowest BCUT2D eigenvalue weighted by Crippen LogP contribution is -2.36. The summed E-state index contributed by atoms with van der Waals surface area (Å²) in [5.74, 6) is 2.51. The fourth-order valence-corrected chi connectivity index (χ4v) is 5.63. The van der Waals surface area contributed by atoms with Gasteiger partial charge in [0.1, 0.15) is 15.8 Å². The van der Waals surface area contributed by atoms with Crippen LogP contribution in [0.5, 0.6) is 0 Å². The highest BCUT2D eigenvalue weighted by atomic mass is 32.2. The van der Waals surface area contributed by atoms with Crippen LogP contribution in [0.25, 0.3) is 11.7 Å².